The number of halogens is 1. The van der Waals surface area contributed by atoms with Gasteiger partial charge >= 0.3 is 12.0 Å². The van der Waals surface area contributed by atoms with Gasteiger partial charge in [-0.2, -0.15) is 0 Å². The molecule has 0 atom stereocenters. The molecule has 2 aliphatic rings. The molecule has 7 nitrogen and oxygen atoms in total. The summed E-state index contributed by atoms with van der Waals surface area (Å²) < 4.78 is 4.76. The number of methoxy groups -OCH3 is 1. The van der Waals surface area contributed by atoms with Gasteiger partial charge in [0.25, 0.3) is 5.91 Å². The van der Waals surface area contributed by atoms with Crippen LogP contribution in [0.4, 0.5) is 10.5 Å². The average Bonchev–Trinajstić information content (AvgIpc) is 3.02. The molecule has 5 rings (SSSR count). The maximum absolute atomic E-state index is 13.4. The highest BCUT2D eigenvalue weighted by Crippen LogP contribution is 2.50. The number of carbonyl (C=O) groups is 3. The average molecular weight is 436 g/mol. The molecule has 1 saturated heterocycles. The molecule has 156 valence electrons. The molecule has 0 radical (unpaired) electrons. The molecule has 1 N–H and O–H groups in total. The summed E-state index contributed by atoms with van der Waals surface area (Å²) in [6, 6.07) is 12.0. The van der Waals surface area contributed by atoms with Crippen LogP contribution in [-0.2, 0) is 9.53 Å². The fourth-order valence-corrected chi connectivity index (χ4v) is 4.80. The fraction of sp³-hybridized carbons (Fsp3) is 0.217. The first kappa shape index (κ1) is 19.5. The second-order valence-electron chi connectivity index (χ2n) is 7.87. The second kappa shape index (κ2) is 7.06. The van der Waals surface area contributed by atoms with Gasteiger partial charge in [-0.15, -0.1) is 0 Å². The summed E-state index contributed by atoms with van der Waals surface area (Å²) in [5, 5.41) is 4.82. The van der Waals surface area contributed by atoms with Crippen molar-refractivity contribution in [3.8, 4) is 0 Å². The normalized spacial score (nSPS) is 22.5. The molecule has 2 heterocycles. The number of imide groups is 1. The minimum absolute atomic E-state index is 0.103. The van der Waals surface area contributed by atoms with Gasteiger partial charge in [0.2, 0.25) is 0 Å². The topological polar surface area (TPSA) is 88.6 Å². The zero-order valence-electron chi connectivity index (χ0n) is 16.6. The molecule has 3 aromatic rings. The highest BCUT2D eigenvalue weighted by atomic mass is 35.5. The Morgan fingerprint density at radius 2 is 1.97 bits per heavy atom. The van der Waals surface area contributed by atoms with Gasteiger partial charge in [-0.1, -0.05) is 35.9 Å². The molecular weight excluding hydrogens is 418 g/mol. The van der Waals surface area contributed by atoms with E-state index >= 15 is 0 Å². The zero-order valence-corrected chi connectivity index (χ0v) is 17.3. The van der Waals surface area contributed by atoms with Gasteiger partial charge in [-0.05, 0) is 42.5 Å². The van der Waals surface area contributed by atoms with Crippen molar-refractivity contribution in [3.05, 3.63) is 71.0 Å². The lowest BCUT2D eigenvalue weighted by Gasteiger charge is -2.43. The number of fused-ring (bicyclic) bond motifs is 1. The smallest absolute Gasteiger partial charge is 0.337 e. The third-order valence-electron chi connectivity index (χ3n) is 6.10. The Morgan fingerprint density at radius 1 is 1.19 bits per heavy atom. The molecule has 1 aliphatic carbocycles. The first-order valence-electron chi connectivity index (χ1n) is 9.81. The molecule has 2 fully saturated rings. The number of anilines is 1. The Bertz CT molecular complexity index is 1250. The van der Waals surface area contributed by atoms with Crippen LogP contribution in [0.2, 0.25) is 5.02 Å². The third kappa shape index (κ3) is 2.96. The predicted octanol–water partition coefficient (Wildman–Crippen LogP) is 4.05. The lowest BCUT2D eigenvalue weighted by atomic mass is 9.65. The first-order chi connectivity index (χ1) is 14.9. The Hall–Kier alpha value is -3.45. The molecule has 1 aromatic heterocycles. The van der Waals surface area contributed by atoms with Crippen LogP contribution in [0.1, 0.15) is 34.7 Å². The number of nitrogens with one attached hydrogen (secondary N) is 1. The van der Waals surface area contributed by atoms with E-state index in [9.17, 15) is 14.4 Å². The maximum atomic E-state index is 13.4. The molecule has 31 heavy (non-hydrogen) atoms. The number of urea groups is 1. The minimum Gasteiger partial charge on any atom is -0.465 e. The third-order valence-corrected chi connectivity index (χ3v) is 6.44. The number of carbonyl (C=O) groups excluding carboxylic acids is 3. The number of pyridine rings is 1. The summed E-state index contributed by atoms with van der Waals surface area (Å²) in [4.78, 5) is 43.3. The number of amides is 3. The van der Waals surface area contributed by atoms with Gasteiger partial charge in [-0.25, -0.2) is 14.5 Å². The minimum atomic E-state index is -0.935. The maximum Gasteiger partial charge on any atom is 0.337 e. The number of hydrogen-bond donors (Lipinski definition) is 1. The summed E-state index contributed by atoms with van der Waals surface area (Å²) in [6.07, 6.45) is 4.04. The molecule has 1 aliphatic heterocycles. The molecule has 3 amide bonds. The number of nitrogens with zero attached hydrogens (tertiary/aromatic N) is 2. The van der Waals surface area contributed by atoms with Crippen molar-refractivity contribution in [2.75, 3.05) is 12.0 Å². The van der Waals surface area contributed by atoms with Gasteiger partial charge in [0.05, 0.1) is 24.6 Å². The molecule has 2 aromatic carbocycles. The van der Waals surface area contributed by atoms with Crippen LogP contribution in [0.3, 0.4) is 0 Å². The quantitative estimate of drug-likeness (QED) is 0.495. The molecule has 1 spiro atoms. The summed E-state index contributed by atoms with van der Waals surface area (Å²) in [5.41, 5.74) is 0.797. The van der Waals surface area contributed by atoms with E-state index in [0.29, 0.717) is 39.9 Å². The van der Waals surface area contributed by atoms with Crippen LogP contribution in [0.15, 0.2) is 54.9 Å². The fourth-order valence-electron chi connectivity index (χ4n) is 4.51. The van der Waals surface area contributed by atoms with Crippen molar-refractivity contribution in [2.24, 2.45) is 0 Å². The Balaban J connectivity index is 1.46. The summed E-state index contributed by atoms with van der Waals surface area (Å²) in [5.74, 6) is -0.667. The second-order valence-corrected chi connectivity index (χ2v) is 8.27. The Kier molecular flexibility index (Phi) is 4.44. The molecule has 1 saturated carbocycles. The van der Waals surface area contributed by atoms with E-state index in [1.807, 2.05) is 24.3 Å². The van der Waals surface area contributed by atoms with Crippen LogP contribution >= 0.6 is 11.6 Å². The van der Waals surface area contributed by atoms with E-state index in [-0.39, 0.29) is 11.8 Å². The van der Waals surface area contributed by atoms with E-state index < -0.39 is 17.5 Å². The number of rotatable bonds is 3. The van der Waals surface area contributed by atoms with E-state index in [2.05, 4.69) is 10.3 Å². The van der Waals surface area contributed by atoms with Crippen LogP contribution < -0.4 is 10.2 Å². The monoisotopic (exact) mass is 435 g/mol. The number of aromatic nitrogens is 1. The van der Waals surface area contributed by atoms with Crippen molar-refractivity contribution in [3.63, 3.8) is 0 Å². The number of esters is 1. The number of hydrogen-bond acceptors (Lipinski definition) is 5. The molecular formula is C23H18ClN3O4. The van der Waals surface area contributed by atoms with E-state index in [0.717, 1.165) is 10.5 Å². The van der Waals surface area contributed by atoms with Gasteiger partial charge in [0.1, 0.15) is 5.54 Å². The van der Waals surface area contributed by atoms with Crippen molar-refractivity contribution in [1.82, 2.24) is 10.3 Å². The van der Waals surface area contributed by atoms with Crippen molar-refractivity contribution < 1.29 is 19.1 Å². The SMILES string of the molecule is COC(=O)c1ccc2c(N3C(=O)NC4(CC(c5ccccc5Cl)C4)C3=O)cncc2c1. The van der Waals surface area contributed by atoms with E-state index in [4.69, 9.17) is 16.3 Å². The number of ether oxygens (including phenoxy) is 1. The van der Waals surface area contributed by atoms with Crippen LogP contribution in [0.5, 0.6) is 0 Å². The lowest BCUT2D eigenvalue weighted by molar-refractivity contribution is -0.125. The molecule has 0 bridgehead atoms. The standard InChI is InChI=1S/C23H18ClN3O4/c1-31-20(28)13-6-7-17-14(8-13)11-25-12-19(17)27-21(29)23(26-22(27)30)9-15(10-23)16-4-2-3-5-18(16)24/h2-8,11-12,15H,9-10H2,1H3,(H,26,30). The highest BCUT2D eigenvalue weighted by Gasteiger charge is 2.59. The van der Waals surface area contributed by atoms with Gasteiger partial charge in [-0.3, -0.25) is 9.78 Å². The predicted molar refractivity (Wildman–Crippen MR) is 115 cm³/mol. The number of benzene rings is 2. The van der Waals surface area contributed by atoms with Crippen LogP contribution in [0, 0.1) is 0 Å². The zero-order chi connectivity index (χ0) is 21.8. The summed E-state index contributed by atoms with van der Waals surface area (Å²) in [7, 11) is 1.31. The summed E-state index contributed by atoms with van der Waals surface area (Å²) in [6.45, 7) is 0. The van der Waals surface area contributed by atoms with E-state index in [1.165, 1.54) is 13.3 Å². The van der Waals surface area contributed by atoms with Gasteiger partial charge < -0.3 is 10.1 Å². The Labute approximate surface area is 183 Å². The van der Waals surface area contributed by atoms with Crippen LogP contribution in [-0.4, -0.2) is 35.5 Å². The summed E-state index contributed by atoms with van der Waals surface area (Å²) >= 11 is 6.30. The van der Waals surface area contributed by atoms with Crippen molar-refractivity contribution in [2.45, 2.75) is 24.3 Å². The highest BCUT2D eigenvalue weighted by molar-refractivity contribution is 6.31. The first-order valence-corrected chi connectivity index (χ1v) is 10.2. The van der Waals surface area contributed by atoms with E-state index in [1.54, 1.807) is 24.4 Å². The lowest BCUT2D eigenvalue weighted by Crippen LogP contribution is -2.56. The molecule has 0 unspecified atom stereocenters. The van der Waals surface area contributed by atoms with Gasteiger partial charge in [0.15, 0.2) is 0 Å². The van der Waals surface area contributed by atoms with Crippen LogP contribution in [0.25, 0.3) is 10.8 Å². The van der Waals surface area contributed by atoms with Gasteiger partial charge in [0, 0.05) is 22.0 Å². The Morgan fingerprint density at radius 3 is 2.71 bits per heavy atom. The van der Waals surface area contributed by atoms with Crippen molar-refractivity contribution >= 4 is 46.0 Å². The largest absolute Gasteiger partial charge is 0.465 e. The van der Waals surface area contributed by atoms with Crippen molar-refractivity contribution in [1.29, 1.82) is 0 Å². The molecule has 8 heteroatoms.